The quantitative estimate of drug-likeness (QED) is 0.0688. The molecule has 0 fully saturated rings. The minimum absolute atomic E-state index is 0.0585. The molecule has 0 bridgehead atoms. The Kier molecular flexibility index (Phi) is 9.16. The third kappa shape index (κ3) is 6.67. The summed E-state index contributed by atoms with van der Waals surface area (Å²) < 4.78 is 53.0. The molecule has 0 atom stereocenters. The summed E-state index contributed by atoms with van der Waals surface area (Å²) in [5.74, 6) is -4.84. The molecule has 13 heteroatoms. The van der Waals surface area contributed by atoms with Gasteiger partial charge in [-0.25, -0.2) is 23.7 Å². The van der Waals surface area contributed by atoms with Gasteiger partial charge in [0.25, 0.3) is 0 Å². The number of hydrogen-bond acceptors (Lipinski definition) is 10. The summed E-state index contributed by atoms with van der Waals surface area (Å²) in [6, 6.07) is 13.0. The standard InChI is InChI=1S/C24H20F3N5O2S3/c1-35-15-7-5-14(6-8-15)13-32(33)37-31-22-17(25)12-19(20(26)21(22)27)34-23-16(4-3-10-28-23)18-9-11-29-24(30-18)36-2/h3-12,31,33H,13H2,1-2H3. The maximum atomic E-state index is 14.9. The molecular weight excluding hydrogens is 543 g/mol. The first-order valence-electron chi connectivity index (χ1n) is 10.6. The molecule has 4 aromatic rings. The highest BCUT2D eigenvalue weighted by Crippen LogP contribution is 2.36. The molecule has 0 aliphatic heterocycles. The van der Waals surface area contributed by atoms with E-state index in [9.17, 15) is 18.4 Å². The highest BCUT2D eigenvalue weighted by Gasteiger charge is 2.23. The Labute approximate surface area is 224 Å². The predicted molar refractivity (Wildman–Crippen MR) is 140 cm³/mol. The molecule has 4 rings (SSSR count). The van der Waals surface area contributed by atoms with Gasteiger partial charge in [0.2, 0.25) is 11.7 Å². The van der Waals surface area contributed by atoms with E-state index in [2.05, 4.69) is 19.7 Å². The Balaban J connectivity index is 1.50. The van der Waals surface area contributed by atoms with Gasteiger partial charge in [-0.2, -0.15) is 4.39 Å². The SMILES string of the molecule is CSc1ccc(CN(O)SNc2c(F)cc(Oc3ncccc3-c3ccnc(SC)n3)c(F)c2F)cc1. The third-order valence-electron chi connectivity index (χ3n) is 4.92. The molecule has 0 spiro atoms. The van der Waals surface area contributed by atoms with Gasteiger partial charge in [0.05, 0.1) is 29.9 Å². The number of aromatic nitrogens is 3. The fourth-order valence-corrected chi connectivity index (χ4v) is 4.48. The zero-order valence-corrected chi connectivity index (χ0v) is 21.9. The van der Waals surface area contributed by atoms with Crippen LogP contribution in [0.1, 0.15) is 5.56 Å². The number of nitrogens with one attached hydrogen (secondary N) is 1. The summed E-state index contributed by atoms with van der Waals surface area (Å²) in [6.07, 6.45) is 6.71. The lowest BCUT2D eigenvalue weighted by Gasteiger charge is -2.16. The Morgan fingerprint density at radius 1 is 0.973 bits per heavy atom. The molecule has 0 amide bonds. The summed E-state index contributed by atoms with van der Waals surface area (Å²) in [4.78, 5) is 13.6. The molecule has 2 N–H and O–H groups in total. The third-order valence-corrected chi connectivity index (χ3v) is 6.87. The zero-order chi connectivity index (χ0) is 26.4. The lowest BCUT2D eigenvalue weighted by atomic mass is 10.2. The van der Waals surface area contributed by atoms with Crippen LogP contribution in [0.2, 0.25) is 0 Å². The zero-order valence-electron chi connectivity index (χ0n) is 19.5. The normalized spacial score (nSPS) is 11.1. The summed E-state index contributed by atoms with van der Waals surface area (Å²) in [5, 5.41) is 10.6. The van der Waals surface area contributed by atoms with Gasteiger partial charge in [-0.3, -0.25) is 0 Å². The molecule has 0 saturated heterocycles. The highest BCUT2D eigenvalue weighted by atomic mass is 32.2. The van der Waals surface area contributed by atoms with Crippen molar-refractivity contribution in [1.82, 2.24) is 19.4 Å². The lowest BCUT2D eigenvalue weighted by molar-refractivity contribution is 0.00943. The summed E-state index contributed by atoms with van der Waals surface area (Å²) in [7, 11) is 0. The monoisotopic (exact) mass is 563 g/mol. The van der Waals surface area contributed by atoms with Crippen molar-refractivity contribution in [2.75, 3.05) is 17.2 Å². The van der Waals surface area contributed by atoms with Gasteiger partial charge in [0.1, 0.15) is 5.69 Å². The molecule has 2 aromatic heterocycles. The Bertz CT molecular complexity index is 1380. The molecule has 0 radical (unpaired) electrons. The van der Waals surface area contributed by atoms with E-state index in [1.807, 2.05) is 36.8 Å². The van der Waals surface area contributed by atoms with Crippen molar-refractivity contribution < 1.29 is 23.1 Å². The molecule has 192 valence electrons. The van der Waals surface area contributed by atoms with Crippen LogP contribution in [0.5, 0.6) is 11.6 Å². The topological polar surface area (TPSA) is 83.4 Å². The van der Waals surface area contributed by atoms with Crippen molar-refractivity contribution in [3.05, 3.63) is 83.9 Å². The molecule has 0 unspecified atom stereocenters. The van der Waals surface area contributed by atoms with Crippen LogP contribution >= 0.6 is 35.7 Å². The Morgan fingerprint density at radius 2 is 1.76 bits per heavy atom. The van der Waals surface area contributed by atoms with E-state index < -0.39 is 28.9 Å². The minimum atomic E-state index is -1.51. The number of halogens is 3. The average molecular weight is 564 g/mol. The number of hydroxylamine groups is 1. The first kappa shape index (κ1) is 27.1. The van der Waals surface area contributed by atoms with Crippen LogP contribution in [0, 0.1) is 17.5 Å². The van der Waals surface area contributed by atoms with Gasteiger partial charge in [-0.1, -0.05) is 23.9 Å². The van der Waals surface area contributed by atoms with Crippen molar-refractivity contribution in [2.45, 2.75) is 16.6 Å². The molecule has 0 aliphatic rings. The van der Waals surface area contributed by atoms with Gasteiger partial charge in [-0.15, -0.1) is 16.2 Å². The highest BCUT2D eigenvalue weighted by molar-refractivity contribution is 7.98. The molecule has 0 aliphatic carbocycles. The first-order valence-corrected chi connectivity index (χ1v) is 13.8. The van der Waals surface area contributed by atoms with E-state index in [4.69, 9.17) is 4.74 Å². The van der Waals surface area contributed by atoms with Crippen LogP contribution in [0.15, 0.2) is 71.0 Å². The second-order valence-electron chi connectivity index (χ2n) is 7.30. The number of anilines is 1. The van der Waals surface area contributed by atoms with E-state index in [0.29, 0.717) is 34.6 Å². The summed E-state index contributed by atoms with van der Waals surface area (Å²) in [5.41, 5.74) is 0.836. The molecular formula is C24H20F3N5O2S3. The second-order valence-corrected chi connectivity index (χ2v) is 9.76. The van der Waals surface area contributed by atoms with Gasteiger partial charge >= 0.3 is 0 Å². The molecule has 7 nitrogen and oxygen atoms in total. The van der Waals surface area contributed by atoms with Crippen molar-refractivity contribution in [1.29, 1.82) is 0 Å². The van der Waals surface area contributed by atoms with Gasteiger partial charge in [0, 0.05) is 23.4 Å². The number of pyridine rings is 1. The largest absolute Gasteiger partial charge is 0.435 e. The number of nitrogens with zero attached hydrogens (tertiary/aromatic N) is 4. The number of ether oxygens (including phenoxy) is 1. The van der Waals surface area contributed by atoms with Crippen LogP contribution in [0.3, 0.4) is 0 Å². The molecule has 2 heterocycles. The second kappa shape index (κ2) is 12.5. The number of benzene rings is 2. The summed E-state index contributed by atoms with van der Waals surface area (Å²) in [6.45, 7) is 0.0585. The number of thioether (sulfide) groups is 2. The van der Waals surface area contributed by atoms with Crippen LogP contribution < -0.4 is 9.46 Å². The first-order chi connectivity index (χ1) is 17.9. The van der Waals surface area contributed by atoms with Crippen molar-refractivity contribution >= 4 is 41.3 Å². The fourth-order valence-electron chi connectivity index (χ4n) is 3.12. The molecule has 37 heavy (non-hydrogen) atoms. The maximum Gasteiger partial charge on any atom is 0.228 e. The van der Waals surface area contributed by atoms with Gasteiger partial charge in [-0.05, 0) is 48.4 Å². The van der Waals surface area contributed by atoms with E-state index in [-0.39, 0.29) is 12.4 Å². The maximum absolute atomic E-state index is 14.9. The van der Waals surface area contributed by atoms with Crippen LogP contribution in [0.4, 0.5) is 18.9 Å². The molecule has 2 aromatic carbocycles. The average Bonchev–Trinajstić information content (AvgIpc) is 2.92. The summed E-state index contributed by atoms with van der Waals surface area (Å²) >= 11 is 3.41. The Morgan fingerprint density at radius 3 is 2.49 bits per heavy atom. The van der Waals surface area contributed by atoms with Crippen molar-refractivity contribution in [3.8, 4) is 22.9 Å². The number of hydrogen-bond donors (Lipinski definition) is 2. The number of rotatable bonds is 10. The Hall–Kier alpha value is -2.97. The van der Waals surface area contributed by atoms with Gasteiger partial charge < -0.3 is 14.7 Å². The van der Waals surface area contributed by atoms with Gasteiger partial charge in [0.15, 0.2) is 22.5 Å². The lowest BCUT2D eigenvalue weighted by Crippen LogP contribution is -2.13. The van der Waals surface area contributed by atoms with Crippen molar-refractivity contribution in [2.24, 2.45) is 0 Å². The predicted octanol–water partition coefficient (Wildman–Crippen LogP) is 7.06. The van der Waals surface area contributed by atoms with E-state index in [1.54, 1.807) is 36.2 Å². The smallest absolute Gasteiger partial charge is 0.228 e. The molecule has 0 saturated carbocycles. The van der Waals surface area contributed by atoms with E-state index in [1.165, 1.54) is 18.0 Å². The van der Waals surface area contributed by atoms with E-state index in [0.717, 1.165) is 14.9 Å². The van der Waals surface area contributed by atoms with Crippen LogP contribution in [0.25, 0.3) is 11.3 Å². The van der Waals surface area contributed by atoms with Crippen LogP contribution in [-0.2, 0) is 6.54 Å². The minimum Gasteiger partial charge on any atom is -0.435 e. The van der Waals surface area contributed by atoms with Crippen molar-refractivity contribution in [3.63, 3.8) is 0 Å². The van der Waals surface area contributed by atoms with E-state index >= 15 is 0 Å². The van der Waals surface area contributed by atoms with Crippen LogP contribution in [-0.4, -0.2) is 37.1 Å². The fraction of sp³-hybridized carbons (Fsp3) is 0.125.